The van der Waals surface area contributed by atoms with Crippen LogP contribution in [0.4, 0.5) is 0 Å². The Balaban J connectivity index is 2.47. The molecule has 108 valence electrons. The number of carbonyl (C=O) groups excluding carboxylic acids is 2. The van der Waals surface area contributed by atoms with E-state index in [-0.39, 0.29) is 37.4 Å². The lowest BCUT2D eigenvalue weighted by atomic mass is 9.98. The molecule has 0 aromatic heterocycles. The van der Waals surface area contributed by atoms with Crippen LogP contribution in [-0.4, -0.2) is 60.6 Å². The normalized spacial score (nSPS) is 21.1. The summed E-state index contributed by atoms with van der Waals surface area (Å²) in [4.78, 5) is 35.6. The Morgan fingerprint density at radius 3 is 2.84 bits per heavy atom. The number of carboxylic acids is 1. The molecule has 0 radical (unpaired) electrons. The minimum absolute atomic E-state index is 0.0975. The fourth-order valence-corrected chi connectivity index (χ4v) is 2.05. The summed E-state index contributed by atoms with van der Waals surface area (Å²) < 4.78 is 4.89. The molecule has 19 heavy (non-hydrogen) atoms. The van der Waals surface area contributed by atoms with Crippen molar-refractivity contribution in [2.75, 3.05) is 26.8 Å². The first-order chi connectivity index (χ1) is 8.93. The zero-order valence-corrected chi connectivity index (χ0v) is 11.2. The van der Waals surface area contributed by atoms with E-state index < -0.39 is 11.9 Å². The zero-order valence-electron chi connectivity index (χ0n) is 11.2. The van der Waals surface area contributed by atoms with E-state index in [2.05, 4.69) is 5.32 Å². The van der Waals surface area contributed by atoms with Gasteiger partial charge in [-0.25, -0.2) is 0 Å². The summed E-state index contributed by atoms with van der Waals surface area (Å²) in [6.07, 6.45) is 0.518. The van der Waals surface area contributed by atoms with Crippen molar-refractivity contribution in [3.8, 4) is 0 Å². The fourth-order valence-electron chi connectivity index (χ4n) is 2.05. The Bertz CT molecular complexity index is 358. The van der Waals surface area contributed by atoms with Crippen LogP contribution < -0.4 is 5.32 Å². The van der Waals surface area contributed by atoms with Crippen molar-refractivity contribution < 1.29 is 24.2 Å². The molecule has 0 saturated carbocycles. The molecule has 1 aliphatic rings. The first-order valence-electron chi connectivity index (χ1n) is 6.23. The molecule has 2 N–H and O–H groups in total. The Morgan fingerprint density at radius 1 is 1.58 bits per heavy atom. The van der Waals surface area contributed by atoms with E-state index in [1.54, 1.807) is 6.92 Å². The smallest absolute Gasteiger partial charge is 0.308 e. The highest BCUT2D eigenvalue weighted by Crippen LogP contribution is 2.17. The van der Waals surface area contributed by atoms with E-state index in [9.17, 15) is 14.4 Å². The second-order valence-corrected chi connectivity index (χ2v) is 4.77. The van der Waals surface area contributed by atoms with Crippen molar-refractivity contribution in [3.63, 3.8) is 0 Å². The number of hydrogen-bond donors (Lipinski definition) is 2. The summed E-state index contributed by atoms with van der Waals surface area (Å²) >= 11 is 0. The van der Waals surface area contributed by atoms with Crippen LogP contribution in [0.1, 0.15) is 19.8 Å². The molecular formula is C12H20N2O5. The van der Waals surface area contributed by atoms with E-state index >= 15 is 0 Å². The number of nitrogens with one attached hydrogen (secondary N) is 1. The van der Waals surface area contributed by atoms with Gasteiger partial charge >= 0.3 is 5.97 Å². The number of nitrogens with zero attached hydrogens (tertiary/aromatic N) is 1. The molecule has 1 fully saturated rings. The van der Waals surface area contributed by atoms with E-state index in [4.69, 9.17) is 9.84 Å². The average molecular weight is 272 g/mol. The van der Waals surface area contributed by atoms with Crippen LogP contribution >= 0.6 is 0 Å². The van der Waals surface area contributed by atoms with Crippen LogP contribution in [0.2, 0.25) is 0 Å². The van der Waals surface area contributed by atoms with Crippen molar-refractivity contribution >= 4 is 17.8 Å². The second-order valence-electron chi connectivity index (χ2n) is 4.77. The number of carboxylic acid groups (broad SMARTS) is 1. The van der Waals surface area contributed by atoms with Gasteiger partial charge in [0.2, 0.25) is 11.8 Å². The number of carbonyl (C=O) groups is 3. The van der Waals surface area contributed by atoms with Crippen LogP contribution in [0.15, 0.2) is 0 Å². The first kappa shape index (κ1) is 15.4. The molecule has 0 spiro atoms. The molecule has 7 heteroatoms. The van der Waals surface area contributed by atoms with Crippen LogP contribution in [-0.2, 0) is 19.1 Å². The van der Waals surface area contributed by atoms with Crippen molar-refractivity contribution in [1.82, 2.24) is 10.2 Å². The number of rotatable bonds is 6. The fraction of sp³-hybridized carbons (Fsp3) is 0.750. The maximum absolute atomic E-state index is 11.7. The largest absolute Gasteiger partial charge is 0.481 e. The SMILES string of the molecule is COCC(C)NC(=O)CN1CC(C(=O)O)CCC1=O. The van der Waals surface area contributed by atoms with E-state index in [1.165, 1.54) is 12.0 Å². The lowest BCUT2D eigenvalue weighted by Crippen LogP contribution is -2.49. The van der Waals surface area contributed by atoms with Crippen LogP contribution in [0, 0.1) is 5.92 Å². The van der Waals surface area contributed by atoms with Gasteiger partial charge in [0.15, 0.2) is 0 Å². The quantitative estimate of drug-likeness (QED) is 0.677. The maximum Gasteiger partial charge on any atom is 0.308 e. The molecule has 1 rings (SSSR count). The van der Waals surface area contributed by atoms with Gasteiger partial charge < -0.3 is 20.1 Å². The number of piperidine rings is 1. The lowest BCUT2D eigenvalue weighted by molar-refractivity contribution is -0.149. The number of amides is 2. The van der Waals surface area contributed by atoms with Gasteiger partial charge in [-0.3, -0.25) is 14.4 Å². The lowest BCUT2D eigenvalue weighted by Gasteiger charge is -2.30. The summed E-state index contributed by atoms with van der Waals surface area (Å²) in [5.74, 6) is -1.98. The highest BCUT2D eigenvalue weighted by atomic mass is 16.5. The van der Waals surface area contributed by atoms with E-state index in [0.29, 0.717) is 13.0 Å². The van der Waals surface area contributed by atoms with Crippen LogP contribution in [0.3, 0.4) is 0 Å². The number of methoxy groups -OCH3 is 1. The Hall–Kier alpha value is -1.63. The predicted molar refractivity (Wildman–Crippen MR) is 66.4 cm³/mol. The van der Waals surface area contributed by atoms with Crippen LogP contribution in [0.5, 0.6) is 0 Å². The first-order valence-corrected chi connectivity index (χ1v) is 6.23. The van der Waals surface area contributed by atoms with Crippen molar-refractivity contribution in [1.29, 1.82) is 0 Å². The van der Waals surface area contributed by atoms with Gasteiger partial charge in [0.1, 0.15) is 0 Å². The number of hydrogen-bond acceptors (Lipinski definition) is 4. The number of ether oxygens (including phenoxy) is 1. The molecule has 1 aliphatic heterocycles. The van der Waals surface area contributed by atoms with E-state index in [0.717, 1.165) is 0 Å². The van der Waals surface area contributed by atoms with Crippen molar-refractivity contribution in [3.05, 3.63) is 0 Å². The van der Waals surface area contributed by atoms with Gasteiger partial charge in [0.25, 0.3) is 0 Å². The molecule has 1 heterocycles. The molecule has 1 saturated heterocycles. The monoisotopic (exact) mass is 272 g/mol. The topological polar surface area (TPSA) is 95.9 Å². The highest BCUT2D eigenvalue weighted by molar-refractivity contribution is 5.86. The molecule has 2 unspecified atom stereocenters. The third kappa shape index (κ3) is 4.86. The van der Waals surface area contributed by atoms with Crippen molar-refractivity contribution in [2.24, 2.45) is 5.92 Å². The Kier molecular flexibility index (Phi) is 5.75. The van der Waals surface area contributed by atoms with Crippen LogP contribution in [0.25, 0.3) is 0 Å². The summed E-state index contributed by atoms with van der Waals surface area (Å²) in [5.41, 5.74) is 0. The Morgan fingerprint density at radius 2 is 2.26 bits per heavy atom. The highest BCUT2D eigenvalue weighted by Gasteiger charge is 2.31. The standard InChI is InChI=1S/C12H20N2O5/c1-8(7-19-2)13-10(15)6-14-5-9(12(17)18)3-4-11(14)16/h8-9H,3-7H2,1-2H3,(H,13,15)(H,17,18). The molecular weight excluding hydrogens is 252 g/mol. The zero-order chi connectivity index (χ0) is 14.4. The molecule has 0 aromatic rings. The summed E-state index contributed by atoms with van der Waals surface area (Å²) in [6, 6.07) is -0.146. The van der Waals surface area contributed by atoms with Gasteiger partial charge in [-0.15, -0.1) is 0 Å². The van der Waals surface area contributed by atoms with E-state index in [1.807, 2.05) is 0 Å². The predicted octanol–water partition coefficient (Wildman–Crippen LogP) is -0.539. The third-order valence-corrected chi connectivity index (χ3v) is 3.01. The van der Waals surface area contributed by atoms with Crippen molar-refractivity contribution in [2.45, 2.75) is 25.8 Å². The Labute approximate surface area is 111 Å². The molecule has 2 amide bonds. The van der Waals surface area contributed by atoms with Gasteiger partial charge in [-0.05, 0) is 13.3 Å². The number of likely N-dealkylation sites (tertiary alicyclic amines) is 1. The second kappa shape index (κ2) is 7.08. The molecule has 0 aromatic carbocycles. The molecule has 7 nitrogen and oxygen atoms in total. The average Bonchev–Trinajstić information content (AvgIpc) is 2.31. The number of aliphatic carboxylic acids is 1. The summed E-state index contributed by atoms with van der Waals surface area (Å²) in [5, 5.41) is 11.6. The molecule has 0 bridgehead atoms. The van der Waals surface area contributed by atoms with Gasteiger partial charge in [-0.1, -0.05) is 0 Å². The minimum atomic E-state index is -0.925. The minimum Gasteiger partial charge on any atom is -0.481 e. The van der Waals surface area contributed by atoms with Gasteiger partial charge in [0.05, 0.1) is 19.1 Å². The van der Waals surface area contributed by atoms with Gasteiger partial charge in [0, 0.05) is 26.1 Å². The molecule has 0 aliphatic carbocycles. The molecule has 2 atom stereocenters. The summed E-state index contributed by atoms with van der Waals surface area (Å²) in [7, 11) is 1.54. The maximum atomic E-state index is 11.7. The third-order valence-electron chi connectivity index (χ3n) is 3.01. The van der Waals surface area contributed by atoms with Gasteiger partial charge in [-0.2, -0.15) is 0 Å². The summed E-state index contributed by atoms with van der Waals surface area (Å²) in [6.45, 7) is 2.17.